The van der Waals surface area contributed by atoms with Crippen molar-refractivity contribution >= 4 is 51.5 Å². The van der Waals surface area contributed by atoms with Crippen LogP contribution < -0.4 is 10.1 Å². The predicted octanol–water partition coefficient (Wildman–Crippen LogP) is 3.58. The van der Waals surface area contributed by atoms with Crippen LogP contribution in [-0.4, -0.2) is 37.0 Å². The number of amides is 3. The minimum Gasteiger partial charge on any atom is -0.495 e. The SMILES string of the molecule is COC(=O)c1ccc(CN2C(=O)NC(=Cc3cc(Cl)cc(Br)c3OC)C2=O)o1. The van der Waals surface area contributed by atoms with E-state index in [1.54, 1.807) is 12.1 Å². The minimum atomic E-state index is -0.650. The molecule has 0 unspecified atom stereocenters. The zero-order valence-electron chi connectivity index (χ0n) is 14.7. The molecule has 3 rings (SSSR count). The molecule has 1 saturated heterocycles. The molecule has 1 aromatic carbocycles. The van der Waals surface area contributed by atoms with Crippen LogP contribution >= 0.6 is 27.5 Å². The Morgan fingerprint density at radius 1 is 1.32 bits per heavy atom. The molecule has 146 valence electrons. The van der Waals surface area contributed by atoms with E-state index in [0.717, 1.165) is 4.90 Å². The number of urea groups is 1. The summed E-state index contributed by atoms with van der Waals surface area (Å²) in [5, 5.41) is 2.93. The summed E-state index contributed by atoms with van der Waals surface area (Å²) in [5.41, 5.74) is 0.565. The number of furan rings is 1. The molecular weight excluding hydrogens is 456 g/mol. The van der Waals surface area contributed by atoms with Gasteiger partial charge in [-0.2, -0.15) is 0 Å². The highest BCUT2D eigenvalue weighted by Gasteiger charge is 2.34. The molecule has 0 atom stereocenters. The van der Waals surface area contributed by atoms with E-state index in [2.05, 4.69) is 26.0 Å². The Labute approximate surface area is 173 Å². The number of hydrogen-bond acceptors (Lipinski definition) is 6. The van der Waals surface area contributed by atoms with Gasteiger partial charge in [0.05, 0.1) is 25.2 Å². The maximum absolute atomic E-state index is 12.6. The first-order chi connectivity index (χ1) is 13.3. The van der Waals surface area contributed by atoms with E-state index < -0.39 is 17.9 Å². The summed E-state index contributed by atoms with van der Waals surface area (Å²) < 4.78 is 15.8. The van der Waals surface area contributed by atoms with Gasteiger partial charge < -0.3 is 19.2 Å². The third kappa shape index (κ3) is 3.90. The second-order valence-corrected chi connectivity index (χ2v) is 6.94. The first kappa shape index (κ1) is 20.0. The van der Waals surface area contributed by atoms with Gasteiger partial charge in [0.1, 0.15) is 17.2 Å². The van der Waals surface area contributed by atoms with E-state index in [-0.39, 0.29) is 23.8 Å². The Morgan fingerprint density at radius 2 is 2.07 bits per heavy atom. The molecule has 2 heterocycles. The zero-order valence-corrected chi connectivity index (χ0v) is 17.1. The monoisotopic (exact) mass is 468 g/mol. The van der Waals surface area contributed by atoms with Crippen LogP contribution in [0.5, 0.6) is 5.75 Å². The lowest BCUT2D eigenvalue weighted by atomic mass is 10.1. The highest BCUT2D eigenvalue weighted by Crippen LogP contribution is 2.34. The van der Waals surface area contributed by atoms with E-state index in [1.165, 1.54) is 32.4 Å². The van der Waals surface area contributed by atoms with Gasteiger partial charge >= 0.3 is 12.0 Å². The third-order valence-electron chi connectivity index (χ3n) is 3.87. The summed E-state index contributed by atoms with van der Waals surface area (Å²) in [6.07, 6.45) is 1.47. The number of imide groups is 1. The lowest BCUT2D eigenvalue weighted by Gasteiger charge is -2.10. The van der Waals surface area contributed by atoms with Crippen molar-refractivity contribution in [3.8, 4) is 5.75 Å². The van der Waals surface area contributed by atoms with Crippen LogP contribution in [0.2, 0.25) is 5.02 Å². The van der Waals surface area contributed by atoms with Crippen molar-refractivity contribution < 1.29 is 28.3 Å². The number of nitrogens with zero attached hydrogens (tertiary/aromatic N) is 1. The van der Waals surface area contributed by atoms with Gasteiger partial charge in [-0.3, -0.25) is 9.69 Å². The fourth-order valence-electron chi connectivity index (χ4n) is 2.60. The highest BCUT2D eigenvalue weighted by atomic mass is 79.9. The second kappa shape index (κ2) is 8.07. The molecule has 1 aromatic heterocycles. The van der Waals surface area contributed by atoms with Gasteiger partial charge in [0.15, 0.2) is 0 Å². The van der Waals surface area contributed by atoms with Crippen LogP contribution in [0.15, 0.2) is 38.9 Å². The molecule has 1 N–H and O–H groups in total. The molecule has 28 heavy (non-hydrogen) atoms. The maximum Gasteiger partial charge on any atom is 0.373 e. The minimum absolute atomic E-state index is 0.0196. The van der Waals surface area contributed by atoms with Gasteiger partial charge in [-0.25, -0.2) is 9.59 Å². The van der Waals surface area contributed by atoms with Crippen LogP contribution in [0.4, 0.5) is 4.79 Å². The third-order valence-corrected chi connectivity index (χ3v) is 4.67. The Kier molecular flexibility index (Phi) is 5.76. The molecule has 8 nitrogen and oxygen atoms in total. The topological polar surface area (TPSA) is 98.1 Å². The largest absolute Gasteiger partial charge is 0.495 e. The lowest BCUT2D eigenvalue weighted by molar-refractivity contribution is -0.123. The Balaban J connectivity index is 1.85. The fraction of sp³-hybridized carbons (Fsp3) is 0.167. The van der Waals surface area contributed by atoms with Gasteiger partial charge in [-0.15, -0.1) is 0 Å². The standard InChI is InChI=1S/C18H14BrClN2O6/c1-26-15-9(5-10(20)7-12(15)19)6-13-16(23)22(18(25)21-13)8-11-3-4-14(28-11)17(24)27-2/h3-7H,8H2,1-2H3,(H,21,25). The molecule has 1 aliphatic rings. The molecule has 2 aromatic rings. The van der Waals surface area contributed by atoms with Crippen LogP contribution in [0.25, 0.3) is 6.08 Å². The first-order valence-electron chi connectivity index (χ1n) is 7.88. The molecule has 0 radical (unpaired) electrons. The number of hydrogen-bond donors (Lipinski definition) is 1. The van der Waals surface area contributed by atoms with Crippen molar-refractivity contribution in [1.82, 2.24) is 10.2 Å². The van der Waals surface area contributed by atoms with Gasteiger partial charge in [-0.05, 0) is 46.3 Å². The van der Waals surface area contributed by atoms with E-state index in [9.17, 15) is 14.4 Å². The van der Waals surface area contributed by atoms with Crippen LogP contribution in [0.3, 0.4) is 0 Å². The zero-order chi connectivity index (χ0) is 20.4. The van der Waals surface area contributed by atoms with Gasteiger partial charge in [0, 0.05) is 10.6 Å². The van der Waals surface area contributed by atoms with E-state index in [0.29, 0.717) is 20.8 Å². The second-order valence-electron chi connectivity index (χ2n) is 5.65. The molecule has 0 aliphatic carbocycles. The maximum atomic E-state index is 12.6. The molecule has 10 heteroatoms. The van der Waals surface area contributed by atoms with Gasteiger partial charge in [-0.1, -0.05) is 11.6 Å². The molecule has 1 fully saturated rings. The van der Waals surface area contributed by atoms with Crippen LogP contribution in [-0.2, 0) is 16.1 Å². The van der Waals surface area contributed by atoms with Crippen molar-refractivity contribution in [2.24, 2.45) is 0 Å². The summed E-state index contributed by atoms with van der Waals surface area (Å²) in [5.74, 6) is -0.505. The number of halogens is 2. The van der Waals surface area contributed by atoms with Gasteiger partial charge in [0.25, 0.3) is 5.91 Å². The number of esters is 1. The normalized spacial score (nSPS) is 15.1. The van der Waals surface area contributed by atoms with Crippen molar-refractivity contribution in [3.63, 3.8) is 0 Å². The summed E-state index contributed by atoms with van der Waals surface area (Å²) in [4.78, 5) is 37.3. The average molecular weight is 470 g/mol. The number of rotatable bonds is 5. The molecule has 3 amide bonds. The molecule has 1 aliphatic heterocycles. The smallest absolute Gasteiger partial charge is 0.373 e. The Hall–Kier alpha value is -2.78. The predicted molar refractivity (Wildman–Crippen MR) is 103 cm³/mol. The number of nitrogens with one attached hydrogen (secondary N) is 1. The number of benzene rings is 1. The number of ether oxygens (including phenoxy) is 2. The summed E-state index contributed by atoms with van der Waals surface area (Å²) >= 11 is 9.40. The number of carbonyl (C=O) groups is 3. The summed E-state index contributed by atoms with van der Waals surface area (Å²) in [6, 6.07) is 5.54. The number of carbonyl (C=O) groups excluding carboxylic acids is 3. The van der Waals surface area contributed by atoms with Crippen molar-refractivity contribution in [1.29, 1.82) is 0 Å². The molecule has 0 saturated carbocycles. The van der Waals surface area contributed by atoms with Crippen molar-refractivity contribution in [3.05, 3.63) is 56.5 Å². The van der Waals surface area contributed by atoms with Crippen LogP contribution in [0, 0.1) is 0 Å². The highest BCUT2D eigenvalue weighted by molar-refractivity contribution is 9.10. The van der Waals surface area contributed by atoms with Crippen molar-refractivity contribution in [2.75, 3.05) is 14.2 Å². The average Bonchev–Trinajstić information content (AvgIpc) is 3.21. The van der Waals surface area contributed by atoms with E-state index in [1.807, 2.05) is 0 Å². The van der Waals surface area contributed by atoms with Gasteiger partial charge in [0.2, 0.25) is 5.76 Å². The van der Waals surface area contributed by atoms with Crippen molar-refractivity contribution in [2.45, 2.75) is 6.54 Å². The molecular formula is C18H14BrClN2O6. The quantitative estimate of drug-likeness (QED) is 0.408. The fourth-order valence-corrected chi connectivity index (χ4v) is 3.60. The first-order valence-corrected chi connectivity index (χ1v) is 9.05. The summed E-state index contributed by atoms with van der Waals surface area (Å²) in [7, 11) is 2.70. The summed E-state index contributed by atoms with van der Waals surface area (Å²) in [6.45, 7) is -0.143. The van der Waals surface area contributed by atoms with E-state index >= 15 is 0 Å². The number of methoxy groups -OCH3 is 2. The van der Waals surface area contributed by atoms with Crippen LogP contribution in [0.1, 0.15) is 21.9 Å². The van der Waals surface area contributed by atoms with E-state index in [4.69, 9.17) is 20.8 Å². The Bertz CT molecular complexity index is 1000. The lowest BCUT2D eigenvalue weighted by Crippen LogP contribution is -2.30. The molecule has 0 spiro atoms. The Morgan fingerprint density at radius 3 is 2.75 bits per heavy atom. The molecule has 0 bridgehead atoms.